The van der Waals surface area contributed by atoms with Crippen molar-refractivity contribution in [3.63, 3.8) is 0 Å². The number of benzene rings is 1. The molecule has 0 unspecified atom stereocenters. The molecule has 0 saturated carbocycles. The van der Waals surface area contributed by atoms with Crippen LogP contribution in [0.2, 0.25) is 5.28 Å². The maximum absolute atomic E-state index is 5.66. The highest BCUT2D eigenvalue weighted by Gasteiger charge is 2.06. The maximum Gasteiger partial charge on any atom is 0.234 e. The molecular weight excluding hydrogens is 232 g/mol. The van der Waals surface area contributed by atoms with E-state index >= 15 is 0 Å². The Bertz CT molecular complexity index is 458. The predicted octanol–water partition coefficient (Wildman–Crippen LogP) is 2.79. The Balaban J connectivity index is 2.23. The first-order valence-corrected chi connectivity index (χ1v) is 5.54. The van der Waals surface area contributed by atoms with Crippen molar-refractivity contribution >= 4 is 23.1 Å². The maximum atomic E-state index is 5.66. The smallest absolute Gasteiger partial charge is 0.234 e. The Hall–Kier alpha value is -1.13. The molecule has 1 heterocycles. The van der Waals surface area contributed by atoms with Crippen LogP contribution in [-0.2, 0) is 6.42 Å². The number of aromatic nitrogens is 2. The second kappa shape index (κ2) is 4.59. The number of para-hydroxylation sites is 1. The van der Waals surface area contributed by atoms with Gasteiger partial charge < -0.3 is 4.74 Å². The van der Waals surface area contributed by atoms with Crippen LogP contribution in [0.15, 0.2) is 24.3 Å². The molecule has 1 aromatic heterocycles. The van der Waals surface area contributed by atoms with Gasteiger partial charge in [0.25, 0.3) is 0 Å². The SMILES string of the molecule is COc1ccccc1Cc1nc(Cl)ns1. The molecule has 0 atom stereocenters. The van der Waals surface area contributed by atoms with E-state index in [0.29, 0.717) is 11.7 Å². The third-order valence-corrected chi connectivity index (χ3v) is 2.96. The summed E-state index contributed by atoms with van der Waals surface area (Å²) < 4.78 is 9.17. The number of halogens is 1. The molecule has 0 spiro atoms. The van der Waals surface area contributed by atoms with Gasteiger partial charge in [-0.25, -0.2) is 4.98 Å². The normalized spacial score (nSPS) is 10.3. The van der Waals surface area contributed by atoms with Crippen LogP contribution in [0.3, 0.4) is 0 Å². The second-order valence-electron chi connectivity index (χ2n) is 2.95. The summed E-state index contributed by atoms with van der Waals surface area (Å²) in [5.74, 6) is 0.865. The van der Waals surface area contributed by atoms with Crippen LogP contribution in [-0.4, -0.2) is 16.5 Å². The number of hydrogen-bond donors (Lipinski definition) is 0. The van der Waals surface area contributed by atoms with Crippen molar-refractivity contribution in [3.05, 3.63) is 40.1 Å². The third-order valence-electron chi connectivity index (χ3n) is 1.98. The van der Waals surface area contributed by atoms with Gasteiger partial charge in [0, 0.05) is 12.0 Å². The van der Waals surface area contributed by atoms with Gasteiger partial charge in [0.05, 0.1) is 7.11 Å². The Labute approximate surface area is 96.9 Å². The zero-order chi connectivity index (χ0) is 10.7. The molecule has 3 nitrogen and oxygen atoms in total. The molecule has 0 radical (unpaired) electrons. The predicted molar refractivity (Wildman–Crippen MR) is 60.7 cm³/mol. The monoisotopic (exact) mass is 240 g/mol. The average molecular weight is 241 g/mol. The number of rotatable bonds is 3. The van der Waals surface area contributed by atoms with Gasteiger partial charge in [0.15, 0.2) is 0 Å². The van der Waals surface area contributed by atoms with E-state index in [1.165, 1.54) is 11.5 Å². The van der Waals surface area contributed by atoms with Crippen LogP contribution in [0, 0.1) is 0 Å². The standard InChI is InChI=1S/C10H9ClN2OS/c1-14-8-5-3-2-4-7(8)6-9-12-10(11)13-15-9/h2-5H,6H2,1H3. The van der Waals surface area contributed by atoms with E-state index in [1.54, 1.807) is 7.11 Å². The summed E-state index contributed by atoms with van der Waals surface area (Å²) in [6, 6.07) is 7.85. The molecule has 0 saturated heterocycles. The Morgan fingerprint density at radius 3 is 2.87 bits per heavy atom. The molecule has 5 heteroatoms. The highest BCUT2D eigenvalue weighted by molar-refractivity contribution is 7.05. The molecule has 0 N–H and O–H groups in total. The van der Waals surface area contributed by atoms with Crippen molar-refractivity contribution < 1.29 is 4.74 Å². The minimum Gasteiger partial charge on any atom is -0.496 e. The summed E-state index contributed by atoms with van der Waals surface area (Å²) in [7, 11) is 1.66. The zero-order valence-electron chi connectivity index (χ0n) is 8.11. The van der Waals surface area contributed by atoms with Crippen LogP contribution >= 0.6 is 23.1 Å². The van der Waals surface area contributed by atoms with E-state index < -0.39 is 0 Å². The quantitative estimate of drug-likeness (QED) is 0.828. The average Bonchev–Trinajstić information content (AvgIpc) is 2.65. The fraction of sp³-hybridized carbons (Fsp3) is 0.200. The van der Waals surface area contributed by atoms with Crippen molar-refractivity contribution in [2.24, 2.45) is 0 Å². The van der Waals surface area contributed by atoms with E-state index in [1.807, 2.05) is 24.3 Å². The van der Waals surface area contributed by atoms with Gasteiger partial charge in [-0.15, -0.1) is 0 Å². The molecule has 0 amide bonds. The minimum atomic E-state index is 0.310. The fourth-order valence-electron chi connectivity index (χ4n) is 1.32. The highest BCUT2D eigenvalue weighted by Crippen LogP contribution is 2.22. The molecule has 78 valence electrons. The highest BCUT2D eigenvalue weighted by atomic mass is 35.5. The van der Waals surface area contributed by atoms with Crippen LogP contribution in [0.4, 0.5) is 0 Å². The zero-order valence-corrected chi connectivity index (χ0v) is 9.68. The molecular formula is C10H9ClN2OS. The molecule has 2 aromatic rings. The summed E-state index contributed by atoms with van der Waals surface area (Å²) in [6.45, 7) is 0. The van der Waals surface area contributed by atoms with Crippen molar-refractivity contribution in [1.29, 1.82) is 0 Å². The molecule has 0 aliphatic carbocycles. The van der Waals surface area contributed by atoms with Gasteiger partial charge >= 0.3 is 0 Å². The first kappa shape index (κ1) is 10.4. The van der Waals surface area contributed by atoms with E-state index in [9.17, 15) is 0 Å². The van der Waals surface area contributed by atoms with Crippen LogP contribution < -0.4 is 4.74 Å². The van der Waals surface area contributed by atoms with E-state index in [0.717, 1.165) is 16.3 Å². The van der Waals surface area contributed by atoms with Crippen molar-refractivity contribution in [2.75, 3.05) is 7.11 Å². The summed E-state index contributed by atoms with van der Waals surface area (Å²) in [4.78, 5) is 4.10. The molecule has 0 aliphatic rings. The lowest BCUT2D eigenvalue weighted by molar-refractivity contribution is 0.410. The Morgan fingerprint density at radius 2 is 2.20 bits per heavy atom. The van der Waals surface area contributed by atoms with Gasteiger partial charge in [-0.05, 0) is 29.2 Å². The summed E-state index contributed by atoms with van der Waals surface area (Å²) >= 11 is 6.97. The van der Waals surface area contributed by atoms with Gasteiger partial charge in [0.2, 0.25) is 5.28 Å². The lowest BCUT2D eigenvalue weighted by atomic mass is 10.1. The summed E-state index contributed by atoms with van der Waals surface area (Å²) in [5.41, 5.74) is 1.09. The molecule has 15 heavy (non-hydrogen) atoms. The number of nitrogens with zero attached hydrogens (tertiary/aromatic N) is 2. The van der Waals surface area contributed by atoms with Crippen LogP contribution in [0.5, 0.6) is 5.75 Å². The number of methoxy groups -OCH3 is 1. The topological polar surface area (TPSA) is 35.0 Å². The minimum absolute atomic E-state index is 0.310. The summed E-state index contributed by atoms with van der Waals surface area (Å²) in [6.07, 6.45) is 0.703. The van der Waals surface area contributed by atoms with Crippen molar-refractivity contribution in [1.82, 2.24) is 9.36 Å². The van der Waals surface area contributed by atoms with Crippen LogP contribution in [0.25, 0.3) is 0 Å². The van der Waals surface area contributed by atoms with Crippen molar-refractivity contribution in [2.45, 2.75) is 6.42 Å². The molecule has 1 aromatic carbocycles. The van der Waals surface area contributed by atoms with Gasteiger partial charge in [-0.3, -0.25) is 0 Å². The molecule has 0 fully saturated rings. The number of ether oxygens (including phenoxy) is 1. The van der Waals surface area contributed by atoms with E-state index in [4.69, 9.17) is 16.3 Å². The molecule has 0 bridgehead atoms. The molecule has 2 rings (SSSR count). The van der Waals surface area contributed by atoms with Crippen LogP contribution in [0.1, 0.15) is 10.6 Å². The first-order chi connectivity index (χ1) is 7.29. The van der Waals surface area contributed by atoms with E-state index in [2.05, 4.69) is 9.36 Å². The fourth-order valence-corrected chi connectivity index (χ4v) is 2.14. The largest absolute Gasteiger partial charge is 0.496 e. The molecule has 0 aliphatic heterocycles. The first-order valence-electron chi connectivity index (χ1n) is 4.39. The summed E-state index contributed by atoms with van der Waals surface area (Å²) in [5, 5.41) is 1.20. The third kappa shape index (κ3) is 2.46. The Kier molecular flexibility index (Phi) is 3.18. The van der Waals surface area contributed by atoms with Gasteiger partial charge in [-0.1, -0.05) is 18.2 Å². The van der Waals surface area contributed by atoms with Gasteiger partial charge in [-0.2, -0.15) is 4.37 Å². The second-order valence-corrected chi connectivity index (χ2v) is 4.12. The number of hydrogen-bond acceptors (Lipinski definition) is 4. The van der Waals surface area contributed by atoms with E-state index in [-0.39, 0.29) is 0 Å². The van der Waals surface area contributed by atoms with Crippen molar-refractivity contribution in [3.8, 4) is 5.75 Å². The Morgan fingerprint density at radius 1 is 1.40 bits per heavy atom. The van der Waals surface area contributed by atoms with Gasteiger partial charge in [0.1, 0.15) is 10.8 Å². The lowest BCUT2D eigenvalue weighted by Crippen LogP contribution is -1.92. The lowest BCUT2D eigenvalue weighted by Gasteiger charge is -2.05.